The summed E-state index contributed by atoms with van der Waals surface area (Å²) in [5, 5.41) is 0. The molecule has 0 radical (unpaired) electrons. The highest BCUT2D eigenvalue weighted by Crippen LogP contribution is 2.12. The lowest BCUT2D eigenvalue weighted by atomic mass is 10.1. The van der Waals surface area contributed by atoms with E-state index in [1.54, 1.807) is 0 Å². The number of terminal acetylenes is 1. The fourth-order valence-electron chi connectivity index (χ4n) is 1.15. The largest absolute Gasteiger partial charge is 0.374 e. The Bertz CT molecular complexity index is 366. The van der Waals surface area contributed by atoms with Crippen molar-refractivity contribution in [2.45, 2.75) is 33.3 Å². The first-order valence-electron chi connectivity index (χ1n) is 5.09. The molecule has 15 heavy (non-hydrogen) atoms. The molecule has 0 saturated carbocycles. The van der Waals surface area contributed by atoms with E-state index in [0.717, 1.165) is 5.69 Å². The third kappa shape index (κ3) is 3.34. The number of nitrogens with zero attached hydrogens (tertiary/aromatic N) is 2. The molecule has 80 valence electrons. The highest BCUT2D eigenvalue weighted by molar-refractivity contribution is 5.27. The normalized spacial score (nSPS) is 10.3. The van der Waals surface area contributed by atoms with Gasteiger partial charge in [0.15, 0.2) is 5.82 Å². The molecule has 3 heteroatoms. The summed E-state index contributed by atoms with van der Waals surface area (Å²) in [7, 11) is 0. The number of aromatic nitrogens is 2. The van der Waals surface area contributed by atoms with Crippen LogP contribution in [0.1, 0.15) is 43.9 Å². The first-order valence-corrected chi connectivity index (χ1v) is 5.09. The van der Waals surface area contributed by atoms with Gasteiger partial charge in [0.05, 0.1) is 0 Å². The van der Waals surface area contributed by atoms with Crippen molar-refractivity contribution in [1.82, 2.24) is 9.97 Å². The maximum absolute atomic E-state index is 5.34. The molecule has 0 spiro atoms. The zero-order valence-corrected chi connectivity index (χ0v) is 9.45. The molecule has 3 nitrogen and oxygen atoms in total. The molecular weight excluding hydrogens is 188 g/mol. The Morgan fingerprint density at radius 3 is 2.73 bits per heavy atom. The minimum Gasteiger partial charge on any atom is -0.374 e. The van der Waals surface area contributed by atoms with Gasteiger partial charge in [-0.2, -0.15) is 0 Å². The highest BCUT2D eigenvalue weighted by Gasteiger charge is 2.06. The topological polar surface area (TPSA) is 35.0 Å². The molecule has 0 aliphatic rings. The number of ether oxygens (including phenoxy) is 1. The first kappa shape index (κ1) is 11.7. The summed E-state index contributed by atoms with van der Waals surface area (Å²) < 4.78 is 5.26. The van der Waals surface area contributed by atoms with Crippen LogP contribution >= 0.6 is 0 Å². The van der Waals surface area contributed by atoms with Crippen LogP contribution in [0.3, 0.4) is 0 Å². The van der Waals surface area contributed by atoms with Crippen molar-refractivity contribution in [3.05, 3.63) is 23.3 Å². The Morgan fingerprint density at radius 1 is 1.47 bits per heavy atom. The summed E-state index contributed by atoms with van der Waals surface area (Å²) in [5.74, 6) is 3.54. The molecule has 0 N–H and O–H groups in total. The Morgan fingerprint density at radius 2 is 2.20 bits per heavy atom. The molecule has 0 atom stereocenters. The first-order chi connectivity index (χ1) is 7.17. The van der Waals surface area contributed by atoms with Crippen LogP contribution in [0.15, 0.2) is 6.07 Å². The van der Waals surface area contributed by atoms with E-state index in [4.69, 9.17) is 11.2 Å². The molecule has 1 aromatic heterocycles. The predicted octanol–water partition coefficient (Wildman–Crippen LogP) is 2.12. The van der Waals surface area contributed by atoms with Crippen LogP contribution in [0.2, 0.25) is 0 Å². The Kier molecular flexibility index (Phi) is 4.26. The molecule has 0 aliphatic heterocycles. The summed E-state index contributed by atoms with van der Waals surface area (Å²) in [6.45, 7) is 7.17. The van der Waals surface area contributed by atoms with E-state index >= 15 is 0 Å². The second kappa shape index (κ2) is 5.47. The van der Waals surface area contributed by atoms with Gasteiger partial charge in [-0.3, -0.25) is 0 Å². The van der Waals surface area contributed by atoms with E-state index in [1.807, 2.05) is 13.0 Å². The van der Waals surface area contributed by atoms with Crippen LogP contribution < -0.4 is 0 Å². The average Bonchev–Trinajstić information content (AvgIpc) is 2.25. The summed E-state index contributed by atoms with van der Waals surface area (Å²) in [5.41, 5.74) is 1.59. The maximum atomic E-state index is 5.34. The van der Waals surface area contributed by atoms with Gasteiger partial charge in [-0.25, -0.2) is 9.97 Å². The number of hydrogen-bond donors (Lipinski definition) is 0. The van der Waals surface area contributed by atoms with Gasteiger partial charge >= 0.3 is 0 Å². The zero-order chi connectivity index (χ0) is 11.3. The van der Waals surface area contributed by atoms with E-state index in [2.05, 4.69) is 29.7 Å². The van der Waals surface area contributed by atoms with Gasteiger partial charge in [0.1, 0.15) is 12.3 Å². The Balaban J connectivity index is 2.96. The molecule has 0 aromatic carbocycles. The van der Waals surface area contributed by atoms with Crippen molar-refractivity contribution in [2.75, 3.05) is 6.61 Å². The maximum Gasteiger partial charge on any atom is 0.155 e. The molecule has 1 aromatic rings. The van der Waals surface area contributed by atoms with Crippen molar-refractivity contribution < 1.29 is 4.74 Å². The van der Waals surface area contributed by atoms with Crippen LogP contribution in [-0.4, -0.2) is 16.6 Å². The third-order valence-electron chi connectivity index (χ3n) is 1.97. The third-order valence-corrected chi connectivity index (χ3v) is 1.97. The van der Waals surface area contributed by atoms with Crippen LogP contribution in [0, 0.1) is 12.3 Å². The molecule has 0 amide bonds. The standard InChI is InChI=1S/C12H16N2O/c1-5-10-7-11(9(3)4)14-12(13-10)8-15-6-2/h1,7,9H,6,8H2,2-4H3. The minimum atomic E-state index is 0.348. The Hall–Kier alpha value is -1.40. The van der Waals surface area contributed by atoms with E-state index < -0.39 is 0 Å². The van der Waals surface area contributed by atoms with Crippen molar-refractivity contribution in [1.29, 1.82) is 0 Å². The van der Waals surface area contributed by atoms with E-state index in [9.17, 15) is 0 Å². The van der Waals surface area contributed by atoms with E-state index in [0.29, 0.717) is 30.7 Å². The second-order valence-electron chi connectivity index (χ2n) is 3.53. The summed E-state index contributed by atoms with van der Waals surface area (Å²) in [4.78, 5) is 8.59. The van der Waals surface area contributed by atoms with Crippen molar-refractivity contribution >= 4 is 0 Å². The van der Waals surface area contributed by atoms with Crippen LogP contribution in [0.5, 0.6) is 0 Å². The molecule has 0 bridgehead atoms. The van der Waals surface area contributed by atoms with Gasteiger partial charge in [-0.05, 0) is 18.9 Å². The number of rotatable bonds is 4. The monoisotopic (exact) mass is 204 g/mol. The van der Waals surface area contributed by atoms with Crippen molar-refractivity contribution in [3.8, 4) is 12.3 Å². The molecule has 0 fully saturated rings. The summed E-state index contributed by atoms with van der Waals surface area (Å²) >= 11 is 0. The SMILES string of the molecule is C#Cc1cc(C(C)C)nc(COCC)n1. The highest BCUT2D eigenvalue weighted by atomic mass is 16.5. The molecule has 0 saturated heterocycles. The second-order valence-corrected chi connectivity index (χ2v) is 3.53. The lowest BCUT2D eigenvalue weighted by Crippen LogP contribution is -2.05. The molecule has 0 aliphatic carbocycles. The predicted molar refractivity (Wildman–Crippen MR) is 59.4 cm³/mol. The van der Waals surface area contributed by atoms with Gasteiger partial charge < -0.3 is 4.74 Å². The van der Waals surface area contributed by atoms with E-state index in [1.165, 1.54) is 0 Å². The summed E-state index contributed by atoms with van der Waals surface area (Å²) in [6, 6.07) is 1.85. The fraction of sp³-hybridized carbons (Fsp3) is 0.500. The molecule has 1 rings (SSSR count). The molecular formula is C12H16N2O. The van der Waals surface area contributed by atoms with Crippen molar-refractivity contribution in [2.24, 2.45) is 0 Å². The van der Waals surface area contributed by atoms with Crippen LogP contribution in [-0.2, 0) is 11.3 Å². The number of hydrogen-bond acceptors (Lipinski definition) is 3. The quantitative estimate of drug-likeness (QED) is 0.705. The summed E-state index contributed by atoms with van der Waals surface area (Å²) in [6.07, 6.45) is 5.34. The molecule has 1 heterocycles. The van der Waals surface area contributed by atoms with E-state index in [-0.39, 0.29) is 0 Å². The van der Waals surface area contributed by atoms with Crippen molar-refractivity contribution in [3.63, 3.8) is 0 Å². The zero-order valence-electron chi connectivity index (χ0n) is 9.45. The Labute approximate surface area is 90.9 Å². The van der Waals surface area contributed by atoms with Crippen LogP contribution in [0.4, 0.5) is 0 Å². The smallest absolute Gasteiger partial charge is 0.155 e. The lowest BCUT2D eigenvalue weighted by Gasteiger charge is -2.07. The average molecular weight is 204 g/mol. The van der Waals surface area contributed by atoms with Gasteiger partial charge in [-0.15, -0.1) is 6.42 Å². The minimum absolute atomic E-state index is 0.348. The lowest BCUT2D eigenvalue weighted by molar-refractivity contribution is 0.128. The van der Waals surface area contributed by atoms with Gasteiger partial charge in [0.2, 0.25) is 0 Å². The molecule has 0 unspecified atom stereocenters. The fourth-order valence-corrected chi connectivity index (χ4v) is 1.15. The van der Waals surface area contributed by atoms with Gasteiger partial charge in [-0.1, -0.05) is 19.8 Å². The van der Waals surface area contributed by atoms with Gasteiger partial charge in [0, 0.05) is 12.3 Å². The van der Waals surface area contributed by atoms with Gasteiger partial charge in [0.25, 0.3) is 0 Å². The van der Waals surface area contributed by atoms with Crippen LogP contribution in [0.25, 0.3) is 0 Å².